The maximum atomic E-state index is 14.2. The monoisotopic (exact) mass is 834 g/mol. The average Bonchev–Trinajstić information content (AvgIpc) is 3.69. The van der Waals surface area contributed by atoms with Crippen LogP contribution in [0.4, 0.5) is 0 Å². The van der Waals surface area contributed by atoms with Gasteiger partial charge in [0.25, 0.3) is 0 Å². The van der Waals surface area contributed by atoms with Crippen molar-refractivity contribution in [3.8, 4) is 5.75 Å². The van der Waals surface area contributed by atoms with Gasteiger partial charge in [-0.3, -0.25) is 19.2 Å². The van der Waals surface area contributed by atoms with Crippen LogP contribution in [0, 0.1) is 17.8 Å². The number of esters is 1. The lowest BCUT2D eigenvalue weighted by Crippen LogP contribution is -2.57. The minimum Gasteiger partial charge on any atom is -0.488 e. The molecule has 1 aromatic carbocycles. The molecule has 16 nitrogen and oxygen atoms in total. The minimum atomic E-state index is -1.23. The van der Waals surface area contributed by atoms with E-state index in [9.17, 15) is 33.9 Å². The van der Waals surface area contributed by atoms with Crippen molar-refractivity contribution < 1.29 is 52.8 Å². The molecule has 1 aromatic rings. The Balaban J connectivity index is 2.20. The molecule has 2 rings (SSSR count). The third-order valence-electron chi connectivity index (χ3n) is 10.3. The van der Waals surface area contributed by atoms with Gasteiger partial charge in [0.15, 0.2) is 6.29 Å². The number of carboxylic acids is 1. The molecule has 0 radical (unpaired) electrons. The van der Waals surface area contributed by atoms with E-state index >= 15 is 0 Å². The number of carbonyl (C=O) groups is 6. The fourth-order valence-corrected chi connectivity index (χ4v) is 6.42. The molecule has 1 aliphatic rings. The zero-order chi connectivity index (χ0) is 44.6. The standard InChI is InChI=1S/C43H71N5O11/c1-12-26(5)36(44)40(52)48(11)33(24-29-14-16-30(17-15-29)59-43(8,9)10)39(51)47-37(27(6)13-2)42(55)58-28(7)23-34(49)45-32(22-25(3)4)38(50)46-31(41(53)54)18-19-35-56-20-21-57-35/h14-17,25-28,31-33,35-37H,12-13,18-24,44H2,1-11H3,(H,45,49)(H,46,50)(H,47,51)(H,53,54). The smallest absolute Gasteiger partial charge is 0.329 e. The van der Waals surface area contributed by atoms with Crippen LogP contribution in [-0.4, -0.2) is 114 Å². The number of carbonyl (C=O) groups excluding carboxylic acids is 5. The Morgan fingerprint density at radius 3 is 2.00 bits per heavy atom. The molecule has 4 amide bonds. The average molecular weight is 834 g/mol. The highest BCUT2D eigenvalue weighted by molar-refractivity contribution is 5.93. The molecule has 8 atom stereocenters. The van der Waals surface area contributed by atoms with Crippen molar-refractivity contribution in [1.29, 1.82) is 0 Å². The molecule has 0 bridgehead atoms. The first kappa shape index (κ1) is 50.9. The predicted octanol–water partition coefficient (Wildman–Crippen LogP) is 3.71. The summed E-state index contributed by atoms with van der Waals surface area (Å²) < 4.78 is 22.4. The van der Waals surface area contributed by atoms with E-state index in [4.69, 9.17) is 24.7 Å². The van der Waals surface area contributed by atoms with Crippen LogP contribution in [0.1, 0.15) is 113 Å². The number of ether oxygens (including phenoxy) is 4. The molecule has 0 saturated carbocycles. The van der Waals surface area contributed by atoms with Crippen molar-refractivity contribution in [3.63, 3.8) is 0 Å². The van der Waals surface area contributed by atoms with E-state index in [1.165, 1.54) is 18.9 Å². The van der Waals surface area contributed by atoms with Crippen LogP contribution in [0.3, 0.4) is 0 Å². The van der Waals surface area contributed by atoms with Crippen LogP contribution < -0.4 is 26.4 Å². The van der Waals surface area contributed by atoms with Crippen LogP contribution in [0.2, 0.25) is 0 Å². The van der Waals surface area contributed by atoms with Gasteiger partial charge < -0.3 is 50.6 Å². The first-order valence-electron chi connectivity index (χ1n) is 20.9. The van der Waals surface area contributed by atoms with Gasteiger partial charge in [0.1, 0.15) is 41.6 Å². The lowest BCUT2D eigenvalue weighted by Gasteiger charge is -2.33. The fraction of sp³-hybridized carbons (Fsp3) is 0.721. The summed E-state index contributed by atoms with van der Waals surface area (Å²) in [6, 6.07) is 1.96. The number of amides is 4. The second-order valence-electron chi connectivity index (χ2n) is 17.2. The molecule has 0 spiro atoms. The van der Waals surface area contributed by atoms with Crippen LogP contribution in [-0.2, 0) is 49.4 Å². The summed E-state index contributed by atoms with van der Waals surface area (Å²) in [5, 5.41) is 17.8. The fourth-order valence-electron chi connectivity index (χ4n) is 6.42. The van der Waals surface area contributed by atoms with Gasteiger partial charge in [-0.2, -0.15) is 0 Å². The highest BCUT2D eigenvalue weighted by Gasteiger charge is 2.36. The summed E-state index contributed by atoms with van der Waals surface area (Å²) in [6.45, 7) is 19.3. The molecule has 1 fully saturated rings. The SMILES string of the molecule is CCC(C)C(N)C(=O)N(C)C(Cc1ccc(OC(C)(C)C)cc1)C(=O)NC(C(=O)OC(C)CC(=O)NC(CC(C)C)C(=O)NC(CCC1OCCO1)C(=O)O)C(C)CC. The Labute approximate surface area is 350 Å². The first-order chi connectivity index (χ1) is 27.6. The number of nitrogens with two attached hydrogens (primary N) is 1. The largest absolute Gasteiger partial charge is 0.488 e. The molecule has 1 heterocycles. The van der Waals surface area contributed by atoms with Gasteiger partial charge in [-0.05, 0) is 76.0 Å². The molecular weight excluding hydrogens is 762 g/mol. The van der Waals surface area contributed by atoms with Gasteiger partial charge in [-0.25, -0.2) is 9.59 Å². The van der Waals surface area contributed by atoms with E-state index < -0.39 is 89.7 Å². The molecule has 1 saturated heterocycles. The van der Waals surface area contributed by atoms with Crippen molar-refractivity contribution in [1.82, 2.24) is 20.9 Å². The maximum Gasteiger partial charge on any atom is 0.329 e. The van der Waals surface area contributed by atoms with Crippen molar-refractivity contribution in [2.75, 3.05) is 20.3 Å². The summed E-state index contributed by atoms with van der Waals surface area (Å²) in [4.78, 5) is 81.3. The lowest BCUT2D eigenvalue weighted by atomic mass is 9.96. The Morgan fingerprint density at radius 1 is 0.881 bits per heavy atom. The van der Waals surface area contributed by atoms with Crippen LogP contribution in [0.15, 0.2) is 24.3 Å². The summed E-state index contributed by atoms with van der Waals surface area (Å²) in [6.07, 6.45) is 0.0181. The molecule has 8 unspecified atom stereocenters. The van der Waals surface area contributed by atoms with E-state index in [2.05, 4.69) is 16.0 Å². The number of likely N-dealkylation sites (N-methyl/N-ethyl adjacent to an activating group) is 1. The van der Waals surface area contributed by atoms with E-state index in [1.54, 1.807) is 19.1 Å². The Kier molecular flexibility index (Phi) is 20.8. The number of rotatable bonds is 24. The molecule has 59 heavy (non-hydrogen) atoms. The second kappa shape index (κ2) is 24.1. The Bertz CT molecular complexity index is 1530. The molecule has 334 valence electrons. The van der Waals surface area contributed by atoms with Gasteiger partial charge in [-0.15, -0.1) is 0 Å². The number of hydrogen-bond acceptors (Lipinski definition) is 11. The third kappa shape index (κ3) is 17.5. The number of benzene rings is 1. The van der Waals surface area contributed by atoms with E-state index in [0.717, 1.165) is 5.56 Å². The molecule has 16 heteroatoms. The molecule has 1 aliphatic heterocycles. The highest BCUT2D eigenvalue weighted by atomic mass is 16.7. The van der Waals surface area contributed by atoms with Crippen molar-refractivity contribution >= 4 is 35.6 Å². The summed E-state index contributed by atoms with van der Waals surface area (Å²) in [5.41, 5.74) is 6.67. The van der Waals surface area contributed by atoms with Crippen molar-refractivity contribution in [2.45, 2.75) is 162 Å². The first-order valence-corrected chi connectivity index (χ1v) is 20.9. The molecular formula is C43H71N5O11. The van der Waals surface area contributed by atoms with Gasteiger partial charge >= 0.3 is 11.9 Å². The third-order valence-corrected chi connectivity index (χ3v) is 10.3. The van der Waals surface area contributed by atoms with Crippen molar-refractivity contribution in [2.24, 2.45) is 23.5 Å². The second-order valence-corrected chi connectivity index (χ2v) is 17.2. The molecule has 0 aliphatic carbocycles. The summed E-state index contributed by atoms with van der Waals surface area (Å²) in [7, 11) is 1.53. The lowest BCUT2D eigenvalue weighted by molar-refractivity contribution is -0.155. The Hall–Kier alpha value is -4.28. The Morgan fingerprint density at radius 2 is 1.47 bits per heavy atom. The summed E-state index contributed by atoms with van der Waals surface area (Å²) in [5.74, 6) is -4.15. The number of nitrogens with zero attached hydrogens (tertiary/aromatic N) is 1. The number of hydrogen-bond donors (Lipinski definition) is 5. The zero-order valence-corrected chi connectivity index (χ0v) is 37.0. The van der Waals surface area contributed by atoms with Crippen LogP contribution in [0.5, 0.6) is 5.75 Å². The maximum absolute atomic E-state index is 14.2. The number of aliphatic carboxylic acids is 1. The van der Waals surface area contributed by atoms with Gasteiger partial charge in [-0.1, -0.05) is 66.5 Å². The van der Waals surface area contributed by atoms with Crippen LogP contribution >= 0.6 is 0 Å². The van der Waals surface area contributed by atoms with Gasteiger partial charge in [0, 0.05) is 19.9 Å². The number of carboxylic acid groups (broad SMARTS) is 1. The summed E-state index contributed by atoms with van der Waals surface area (Å²) >= 11 is 0. The molecule has 0 aromatic heterocycles. The minimum absolute atomic E-state index is 0.0319. The van der Waals surface area contributed by atoms with Gasteiger partial charge in [0.05, 0.1) is 25.7 Å². The zero-order valence-electron chi connectivity index (χ0n) is 37.0. The van der Waals surface area contributed by atoms with Crippen molar-refractivity contribution in [3.05, 3.63) is 29.8 Å². The highest BCUT2D eigenvalue weighted by Crippen LogP contribution is 2.22. The molecule has 6 N–H and O–H groups in total. The van der Waals surface area contributed by atoms with E-state index in [1.807, 2.05) is 67.5 Å². The number of nitrogens with one attached hydrogen (secondary N) is 3. The normalized spacial score (nSPS) is 17.4. The van der Waals surface area contributed by atoms with E-state index in [-0.39, 0.29) is 43.9 Å². The topological polar surface area (TPSA) is 225 Å². The van der Waals surface area contributed by atoms with E-state index in [0.29, 0.717) is 31.8 Å². The predicted molar refractivity (Wildman–Crippen MR) is 222 cm³/mol. The van der Waals surface area contributed by atoms with Gasteiger partial charge in [0.2, 0.25) is 23.6 Å². The van der Waals surface area contributed by atoms with Crippen LogP contribution in [0.25, 0.3) is 0 Å². The quantitative estimate of drug-likeness (QED) is 0.0941.